The highest BCUT2D eigenvalue weighted by molar-refractivity contribution is 9.11. The lowest BCUT2D eigenvalue weighted by atomic mass is 10.0. The quantitative estimate of drug-likeness (QED) is 0.562. The van der Waals surface area contributed by atoms with Gasteiger partial charge in [0.1, 0.15) is 5.75 Å². The van der Waals surface area contributed by atoms with Crippen molar-refractivity contribution in [3.05, 3.63) is 62.5 Å². The lowest BCUT2D eigenvalue weighted by Crippen LogP contribution is -1.93. The van der Waals surface area contributed by atoms with Gasteiger partial charge in [0.05, 0.1) is 11.9 Å². The van der Waals surface area contributed by atoms with Crippen molar-refractivity contribution in [1.29, 1.82) is 0 Å². The number of rotatable bonds is 3. The van der Waals surface area contributed by atoms with E-state index >= 15 is 0 Å². The van der Waals surface area contributed by atoms with Gasteiger partial charge in [0.15, 0.2) is 0 Å². The van der Waals surface area contributed by atoms with Crippen molar-refractivity contribution < 1.29 is 4.74 Å². The highest BCUT2D eigenvalue weighted by atomic mass is 79.9. The van der Waals surface area contributed by atoms with Crippen LogP contribution in [0, 0.1) is 0 Å². The van der Waals surface area contributed by atoms with Gasteiger partial charge in [-0.25, -0.2) is 0 Å². The van der Waals surface area contributed by atoms with Crippen molar-refractivity contribution in [1.82, 2.24) is 0 Å². The Bertz CT molecular complexity index is 517. The standard InChI is InChI=1S/C14H11Br3O/c1-18-13-4-2-9(3-5-13)14(17)10-6-11(15)8-12(16)7-10/h2-8,14H,1H3. The van der Waals surface area contributed by atoms with E-state index in [0.717, 1.165) is 14.7 Å². The molecular weight excluding hydrogens is 424 g/mol. The molecule has 0 aliphatic rings. The largest absolute Gasteiger partial charge is 0.497 e. The van der Waals surface area contributed by atoms with Crippen molar-refractivity contribution in [2.75, 3.05) is 7.11 Å². The zero-order valence-electron chi connectivity index (χ0n) is 9.66. The molecule has 0 aromatic heterocycles. The summed E-state index contributed by atoms with van der Waals surface area (Å²) in [7, 11) is 1.67. The van der Waals surface area contributed by atoms with Gasteiger partial charge >= 0.3 is 0 Å². The maximum atomic E-state index is 5.16. The van der Waals surface area contributed by atoms with Crippen molar-refractivity contribution in [3.8, 4) is 5.75 Å². The van der Waals surface area contributed by atoms with E-state index in [0.29, 0.717) is 0 Å². The Morgan fingerprint density at radius 1 is 0.889 bits per heavy atom. The Kier molecular flexibility index (Phi) is 4.87. The van der Waals surface area contributed by atoms with Crippen LogP contribution in [-0.4, -0.2) is 7.11 Å². The predicted octanol–water partition coefficient (Wildman–Crippen LogP) is 5.70. The number of ether oxygens (including phenoxy) is 1. The number of halogens is 3. The van der Waals surface area contributed by atoms with E-state index in [-0.39, 0.29) is 4.83 Å². The highest BCUT2D eigenvalue weighted by Gasteiger charge is 2.11. The van der Waals surface area contributed by atoms with Gasteiger partial charge < -0.3 is 4.74 Å². The molecule has 1 unspecified atom stereocenters. The van der Waals surface area contributed by atoms with E-state index in [2.05, 4.69) is 72.1 Å². The monoisotopic (exact) mass is 432 g/mol. The van der Waals surface area contributed by atoms with E-state index in [1.807, 2.05) is 18.2 Å². The first kappa shape index (κ1) is 14.1. The second kappa shape index (κ2) is 6.22. The minimum atomic E-state index is 0.164. The molecule has 2 aromatic rings. The Morgan fingerprint density at radius 2 is 1.44 bits per heavy atom. The molecular formula is C14H11Br3O. The molecule has 0 N–H and O–H groups in total. The number of hydrogen-bond acceptors (Lipinski definition) is 1. The first-order valence-corrected chi connectivity index (χ1v) is 7.84. The number of methoxy groups -OCH3 is 1. The molecule has 0 bridgehead atoms. The lowest BCUT2D eigenvalue weighted by molar-refractivity contribution is 0.414. The molecule has 0 fully saturated rings. The molecule has 0 saturated heterocycles. The highest BCUT2D eigenvalue weighted by Crippen LogP contribution is 2.34. The van der Waals surface area contributed by atoms with Gasteiger partial charge in [-0.1, -0.05) is 59.9 Å². The van der Waals surface area contributed by atoms with Crippen LogP contribution in [0.3, 0.4) is 0 Å². The molecule has 1 nitrogen and oxygen atoms in total. The van der Waals surface area contributed by atoms with Gasteiger partial charge in [0.25, 0.3) is 0 Å². The molecule has 18 heavy (non-hydrogen) atoms. The summed E-state index contributed by atoms with van der Waals surface area (Å²) in [6.07, 6.45) is 0. The molecule has 0 heterocycles. The topological polar surface area (TPSA) is 9.23 Å². The van der Waals surface area contributed by atoms with E-state index in [1.54, 1.807) is 7.11 Å². The Labute approximate surface area is 132 Å². The molecule has 0 aliphatic carbocycles. The summed E-state index contributed by atoms with van der Waals surface area (Å²) in [5, 5.41) is 0. The van der Waals surface area contributed by atoms with Crippen LogP contribution in [0.1, 0.15) is 16.0 Å². The second-order valence-electron chi connectivity index (χ2n) is 3.84. The summed E-state index contributed by atoms with van der Waals surface area (Å²) < 4.78 is 7.28. The molecule has 0 amide bonds. The molecule has 2 aromatic carbocycles. The van der Waals surface area contributed by atoms with Crippen LogP contribution in [0.15, 0.2) is 51.4 Å². The number of hydrogen-bond donors (Lipinski definition) is 0. The maximum Gasteiger partial charge on any atom is 0.118 e. The minimum Gasteiger partial charge on any atom is -0.497 e. The normalized spacial score (nSPS) is 12.2. The Morgan fingerprint density at radius 3 is 1.94 bits per heavy atom. The van der Waals surface area contributed by atoms with Crippen molar-refractivity contribution in [3.63, 3.8) is 0 Å². The van der Waals surface area contributed by atoms with Gasteiger partial charge in [-0.2, -0.15) is 0 Å². The summed E-state index contributed by atoms with van der Waals surface area (Å²) >= 11 is 10.7. The fourth-order valence-corrected chi connectivity index (χ4v) is 3.59. The lowest BCUT2D eigenvalue weighted by Gasteiger charge is -2.12. The van der Waals surface area contributed by atoms with Crippen LogP contribution in [-0.2, 0) is 0 Å². The molecule has 94 valence electrons. The molecule has 0 radical (unpaired) electrons. The van der Waals surface area contributed by atoms with Crippen LogP contribution in [0.25, 0.3) is 0 Å². The summed E-state index contributed by atoms with van der Waals surface area (Å²) in [4.78, 5) is 0.164. The van der Waals surface area contributed by atoms with E-state index in [4.69, 9.17) is 4.74 Å². The van der Waals surface area contributed by atoms with Gasteiger partial charge in [-0.3, -0.25) is 0 Å². The maximum absolute atomic E-state index is 5.16. The summed E-state index contributed by atoms with van der Waals surface area (Å²) in [5.41, 5.74) is 2.39. The average molecular weight is 435 g/mol. The molecule has 0 aliphatic heterocycles. The average Bonchev–Trinajstić information content (AvgIpc) is 2.37. The summed E-state index contributed by atoms with van der Waals surface area (Å²) in [6.45, 7) is 0. The van der Waals surface area contributed by atoms with E-state index in [1.165, 1.54) is 11.1 Å². The molecule has 0 saturated carbocycles. The summed E-state index contributed by atoms with van der Waals surface area (Å²) in [5.74, 6) is 0.869. The van der Waals surface area contributed by atoms with Crippen molar-refractivity contribution in [2.24, 2.45) is 0 Å². The Balaban J connectivity index is 2.31. The number of alkyl halides is 1. The van der Waals surface area contributed by atoms with Crippen LogP contribution in [0.4, 0.5) is 0 Å². The smallest absolute Gasteiger partial charge is 0.118 e. The van der Waals surface area contributed by atoms with Gasteiger partial charge in [-0.05, 0) is 41.5 Å². The Hall–Kier alpha value is -0.320. The molecule has 1 atom stereocenters. The zero-order valence-corrected chi connectivity index (χ0v) is 14.4. The zero-order chi connectivity index (χ0) is 13.1. The van der Waals surface area contributed by atoms with Crippen LogP contribution in [0.2, 0.25) is 0 Å². The third-order valence-electron chi connectivity index (χ3n) is 2.59. The second-order valence-corrected chi connectivity index (χ2v) is 6.59. The van der Waals surface area contributed by atoms with Gasteiger partial charge in [0, 0.05) is 8.95 Å². The molecule has 4 heteroatoms. The van der Waals surface area contributed by atoms with Crippen LogP contribution in [0.5, 0.6) is 5.75 Å². The first-order valence-electron chi connectivity index (χ1n) is 5.34. The fourth-order valence-electron chi connectivity index (χ4n) is 1.69. The predicted molar refractivity (Wildman–Crippen MR) is 85.6 cm³/mol. The van der Waals surface area contributed by atoms with Gasteiger partial charge in [-0.15, -0.1) is 0 Å². The SMILES string of the molecule is COc1ccc(C(Br)c2cc(Br)cc(Br)c2)cc1. The minimum absolute atomic E-state index is 0.164. The van der Waals surface area contributed by atoms with Crippen LogP contribution < -0.4 is 4.74 Å². The molecule has 2 rings (SSSR count). The van der Waals surface area contributed by atoms with Crippen molar-refractivity contribution >= 4 is 47.8 Å². The summed E-state index contributed by atoms with van der Waals surface area (Å²) in [6, 6.07) is 14.3. The van der Waals surface area contributed by atoms with Crippen LogP contribution >= 0.6 is 47.8 Å². The fraction of sp³-hybridized carbons (Fsp3) is 0.143. The third kappa shape index (κ3) is 3.37. The van der Waals surface area contributed by atoms with Gasteiger partial charge in [0.2, 0.25) is 0 Å². The first-order chi connectivity index (χ1) is 8.60. The number of benzene rings is 2. The van der Waals surface area contributed by atoms with E-state index < -0.39 is 0 Å². The van der Waals surface area contributed by atoms with E-state index in [9.17, 15) is 0 Å². The molecule has 0 spiro atoms. The van der Waals surface area contributed by atoms with Crippen molar-refractivity contribution in [2.45, 2.75) is 4.83 Å². The third-order valence-corrected chi connectivity index (χ3v) is 4.56.